The number of nitrogens with zero attached hydrogens (tertiary/aromatic N) is 4. The third kappa shape index (κ3) is 3.22. The van der Waals surface area contributed by atoms with Gasteiger partial charge in [0.25, 0.3) is 0 Å². The van der Waals surface area contributed by atoms with E-state index >= 15 is 0 Å². The lowest BCUT2D eigenvalue weighted by molar-refractivity contribution is -0.143. The molecule has 1 N–H and O–H groups in total. The van der Waals surface area contributed by atoms with Gasteiger partial charge in [-0.1, -0.05) is 12.1 Å². The molecule has 1 aliphatic heterocycles. The van der Waals surface area contributed by atoms with Crippen LogP contribution in [0.1, 0.15) is 32.4 Å². The molecule has 0 bridgehead atoms. The first kappa shape index (κ1) is 17.0. The lowest BCUT2D eigenvalue weighted by Crippen LogP contribution is -2.30. The van der Waals surface area contributed by atoms with Gasteiger partial charge in [0.1, 0.15) is 12.4 Å². The maximum absolute atomic E-state index is 12.7. The van der Waals surface area contributed by atoms with Crippen molar-refractivity contribution in [2.75, 3.05) is 24.3 Å². The van der Waals surface area contributed by atoms with Crippen molar-refractivity contribution >= 4 is 17.6 Å². The van der Waals surface area contributed by atoms with Gasteiger partial charge in [0.05, 0.1) is 11.7 Å². The molecule has 0 spiro atoms. The first-order valence-corrected chi connectivity index (χ1v) is 8.24. The number of aromatic nitrogens is 3. The Morgan fingerprint density at radius 2 is 1.96 bits per heavy atom. The quantitative estimate of drug-likeness (QED) is 0.862. The van der Waals surface area contributed by atoms with Crippen molar-refractivity contribution in [2.24, 2.45) is 0 Å². The molecule has 1 unspecified atom stereocenters. The summed E-state index contributed by atoms with van der Waals surface area (Å²) in [5.74, 6) is 0.267. The summed E-state index contributed by atoms with van der Waals surface area (Å²) in [6.07, 6.45) is 1.29. The molecule has 7 heteroatoms. The first-order chi connectivity index (χ1) is 11.9. The van der Waals surface area contributed by atoms with Crippen LogP contribution in [-0.4, -0.2) is 40.9 Å². The number of carbonyl (C=O) groups is 1. The average molecular weight is 341 g/mol. The molecule has 0 amide bonds. The maximum atomic E-state index is 12.7. The van der Waals surface area contributed by atoms with Crippen LogP contribution in [0.5, 0.6) is 0 Å². The first-order valence-electron chi connectivity index (χ1n) is 8.24. The molecule has 132 valence electrons. The minimum absolute atomic E-state index is 0.193. The van der Waals surface area contributed by atoms with Crippen LogP contribution in [-0.2, 0) is 9.53 Å². The SMILES string of the molecule is CC1=C(C(=O)OC(C)C)C(c2ccc(N(C)C)cc2)n2ncnc2N1. The topological polar surface area (TPSA) is 72.3 Å². The molecule has 1 aromatic heterocycles. The monoisotopic (exact) mass is 341 g/mol. The van der Waals surface area contributed by atoms with Gasteiger partial charge in [0, 0.05) is 25.5 Å². The summed E-state index contributed by atoms with van der Waals surface area (Å²) < 4.78 is 7.18. The summed E-state index contributed by atoms with van der Waals surface area (Å²) >= 11 is 0. The van der Waals surface area contributed by atoms with Crippen molar-refractivity contribution in [1.29, 1.82) is 0 Å². The predicted molar refractivity (Wildman–Crippen MR) is 96.5 cm³/mol. The molecular weight excluding hydrogens is 318 g/mol. The third-order valence-electron chi connectivity index (χ3n) is 4.08. The van der Waals surface area contributed by atoms with E-state index in [4.69, 9.17) is 4.74 Å². The minimum Gasteiger partial charge on any atom is -0.459 e. The lowest BCUT2D eigenvalue weighted by Gasteiger charge is -2.29. The van der Waals surface area contributed by atoms with E-state index in [9.17, 15) is 4.79 Å². The molecule has 2 aromatic rings. The van der Waals surface area contributed by atoms with Crippen LogP contribution >= 0.6 is 0 Å². The van der Waals surface area contributed by atoms with Crippen LogP contribution in [0.3, 0.4) is 0 Å². The van der Waals surface area contributed by atoms with E-state index in [1.807, 2.05) is 64.0 Å². The van der Waals surface area contributed by atoms with Gasteiger partial charge in [-0.2, -0.15) is 10.1 Å². The number of nitrogens with one attached hydrogen (secondary N) is 1. The second-order valence-corrected chi connectivity index (χ2v) is 6.53. The summed E-state index contributed by atoms with van der Waals surface area (Å²) in [5, 5.41) is 7.44. The molecule has 0 radical (unpaired) electrons. The van der Waals surface area contributed by atoms with E-state index in [1.54, 1.807) is 4.68 Å². The number of carbonyl (C=O) groups excluding carboxylic acids is 1. The fraction of sp³-hybridized carbons (Fsp3) is 0.389. The molecule has 3 rings (SSSR count). The average Bonchev–Trinajstić information content (AvgIpc) is 3.00. The smallest absolute Gasteiger partial charge is 0.338 e. The molecule has 1 aromatic carbocycles. The minimum atomic E-state index is -0.374. The van der Waals surface area contributed by atoms with E-state index in [-0.39, 0.29) is 18.1 Å². The molecule has 1 aliphatic rings. The second-order valence-electron chi connectivity index (χ2n) is 6.53. The Morgan fingerprint density at radius 3 is 2.56 bits per heavy atom. The highest BCUT2D eigenvalue weighted by molar-refractivity contribution is 5.92. The van der Waals surface area contributed by atoms with Gasteiger partial charge in [-0.3, -0.25) is 0 Å². The van der Waals surface area contributed by atoms with Crippen molar-refractivity contribution in [2.45, 2.75) is 32.9 Å². The summed E-state index contributed by atoms with van der Waals surface area (Å²) in [6, 6.07) is 7.68. The fourth-order valence-corrected chi connectivity index (χ4v) is 2.90. The Kier molecular flexibility index (Phi) is 4.48. The van der Waals surface area contributed by atoms with Crippen LogP contribution in [0.15, 0.2) is 41.9 Å². The number of hydrogen-bond donors (Lipinski definition) is 1. The van der Waals surface area contributed by atoms with Crippen molar-refractivity contribution in [3.8, 4) is 0 Å². The lowest BCUT2D eigenvalue weighted by atomic mass is 9.95. The Hall–Kier alpha value is -2.83. The van der Waals surface area contributed by atoms with Gasteiger partial charge in [-0.25, -0.2) is 9.48 Å². The zero-order valence-corrected chi connectivity index (χ0v) is 15.1. The number of fused-ring (bicyclic) bond motifs is 1. The van der Waals surface area contributed by atoms with Gasteiger partial charge in [-0.05, 0) is 38.5 Å². The van der Waals surface area contributed by atoms with Crippen LogP contribution in [0, 0.1) is 0 Å². The van der Waals surface area contributed by atoms with E-state index in [1.165, 1.54) is 6.33 Å². The highest BCUT2D eigenvalue weighted by atomic mass is 16.5. The Balaban J connectivity index is 2.07. The molecule has 2 heterocycles. The van der Waals surface area contributed by atoms with Crippen molar-refractivity contribution in [3.63, 3.8) is 0 Å². The molecule has 0 fully saturated rings. The van der Waals surface area contributed by atoms with E-state index in [0.29, 0.717) is 11.5 Å². The van der Waals surface area contributed by atoms with Gasteiger partial charge in [0.2, 0.25) is 5.95 Å². The van der Waals surface area contributed by atoms with E-state index < -0.39 is 0 Å². The summed E-state index contributed by atoms with van der Waals surface area (Å²) in [5.41, 5.74) is 3.31. The largest absolute Gasteiger partial charge is 0.459 e. The van der Waals surface area contributed by atoms with Crippen LogP contribution in [0.2, 0.25) is 0 Å². The van der Waals surface area contributed by atoms with Crippen LogP contribution in [0.25, 0.3) is 0 Å². The summed E-state index contributed by atoms with van der Waals surface area (Å²) in [6.45, 7) is 5.54. The van der Waals surface area contributed by atoms with Gasteiger partial charge in [0.15, 0.2) is 0 Å². The summed E-state index contributed by atoms with van der Waals surface area (Å²) in [4.78, 5) is 19.0. The predicted octanol–water partition coefficient (Wildman–Crippen LogP) is 2.58. The Labute approximate surface area is 147 Å². The zero-order chi connectivity index (χ0) is 18.1. The number of ether oxygens (including phenoxy) is 1. The molecular formula is C18H23N5O2. The molecule has 0 saturated carbocycles. The molecule has 1 atom stereocenters. The van der Waals surface area contributed by atoms with Crippen LogP contribution in [0.4, 0.5) is 11.6 Å². The Morgan fingerprint density at radius 1 is 1.28 bits per heavy atom. The highest BCUT2D eigenvalue weighted by Crippen LogP contribution is 2.35. The van der Waals surface area contributed by atoms with Crippen LogP contribution < -0.4 is 10.2 Å². The molecule has 7 nitrogen and oxygen atoms in total. The number of rotatable bonds is 4. The molecule has 25 heavy (non-hydrogen) atoms. The maximum Gasteiger partial charge on any atom is 0.338 e. The second kappa shape index (κ2) is 6.58. The Bertz CT molecular complexity index is 805. The number of anilines is 2. The van der Waals surface area contributed by atoms with E-state index in [2.05, 4.69) is 15.4 Å². The van der Waals surface area contributed by atoms with Gasteiger partial charge < -0.3 is 15.0 Å². The normalized spacial score (nSPS) is 16.5. The number of allylic oxidation sites excluding steroid dienone is 1. The third-order valence-corrected chi connectivity index (χ3v) is 4.08. The molecule has 0 saturated heterocycles. The number of esters is 1. The highest BCUT2D eigenvalue weighted by Gasteiger charge is 2.34. The van der Waals surface area contributed by atoms with Crippen molar-refractivity contribution in [1.82, 2.24) is 14.8 Å². The van der Waals surface area contributed by atoms with E-state index in [0.717, 1.165) is 16.9 Å². The molecule has 0 aliphatic carbocycles. The fourth-order valence-electron chi connectivity index (χ4n) is 2.90. The summed E-state index contributed by atoms with van der Waals surface area (Å²) in [7, 11) is 3.98. The van der Waals surface area contributed by atoms with Crippen molar-refractivity contribution < 1.29 is 9.53 Å². The van der Waals surface area contributed by atoms with Gasteiger partial charge >= 0.3 is 5.97 Å². The van der Waals surface area contributed by atoms with Crippen molar-refractivity contribution in [3.05, 3.63) is 47.4 Å². The van der Waals surface area contributed by atoms with Gasteiger partial charge in [-0.15, -0.1) is 0 Å². The number of hydrogen-bond acceptors (Lipinski definition) is 6. The standard InChI is InChI=1S/C18H23N5O2/c1-11(2)25-17(24)15-12(3)21-18-19-10-20-23(18)16(15)13-6-8-14(9-7-13)22(4)5/h6-11,16H,1-5H3,(H,19,20,21). The zero-order valence-electron chi connectivity index (χ0n) is 15.1. The number of benzene rings is 1.